The zero-order valence-electron chi connectivity index (χ0n) is 11.3. The zero-order valence-corrected chi connectivity index (χ0v) is 12.8. The first-order valence-electron chi connectivity index (χ1n) is 6.80. The van der Waals surface area contributed by atoms with Gasteiger partial charge in [0.15, 0.2) is 0 Å². The van der Waals surface area contributed by atoms with Crippen molar-refractivity contribution in [3.8, 4) is 0 Å². The molecule has 0 saturated carbocycles. The van der Waals surface area contributed by atoms with Crippen LogP contribution in [0.25, 0.3) is 0 Å². The smallest absolute Gasteiger partial charge is 0.125 e. The second kappa shape index (κ2) is 5.84. The molecule has 2 aromatic rings. The molecule has 5 heteroatoms. The van der Waals surface area contributed by atoms with Crippen molar-refractivity contribution in [1.82, 2.24) is 0 Å². The lowest BCUT2D eigenvalue weighted by Gasteiger charge is -2.30. The van der Waals surface area contributed by atoms with Gasteiger partial charge in [0, 0.05) is 28.8 Å². The topological polar surface area (TPSA) is 29.3 Å². The third-order valence-corrected chi connectivity index (χ3v) is 4.46. The summed E-state index contributed by atoms with van der Waals surface area (Å²) in [7, 11) is 0. The number of anilines is 1. The van der Waals surface area contributed by atoms with E-state index in [1.807, 2.05) is 12.1 Å². The Labute approximate surface area is 133 Å². The van der Waals surface area contributed by atoms with Gasteiger partial charge in [-0.15, -0.1) is 0 Å². The third kappa shape index (κ3) is 2.73. The number of hydrogen-bond donors (Lipinski definition) is 1. The Hall–Kier alpha value is -1.29. The number of hydrogen-bond acceptors (Lipinski definition) is 2. The Kier molecular flexibility index (Phi) is 4.07. The van der Waals surface area contributed by atoms with E-state index in [0.717, 1.165) is 29.8 Å². The first kappa shape index (κ1) is 14.6. The van der Waals surface area contributed by atoms with Crippen molar-refractivity contribution >= 4 is 28.9 Å². The van der Waals surface area contributed by atoms with Crippen molar-refractivity contribution in [1.29, 1.82) is 0 Å². The minimum absolute atomic E-state index is 0.0854. The first-order chi connectivity index (χ1) is 10.1. The average molecular weight is 325 g/mol. The van der Waals surface area contributed by atoms with Gasteiger partial charge >= 0.3 is 0 Å². The second-order valence-electron chi connectivity index (χ2n) is 5.13. The molecule has 3 rings (SSSR count). The number of benzene rings is 2. The number of rotatable bonds is 3. The van der Waals surface area contributed by atoms with Crippen LogP contribution in [0.15, 0.2) is 36.4 Å². The van der Waals surface area contributed by atoms with Crippen LogP contribution in [0.5, 0.6) is 0 Å². The fourth-order valence-corrected chi connectivity index (χ4v) is 3.43. The summed E-state index contributed by atoms with van der Waals surface area (Å²) in [5.41, 5.74) is 8.92. The molecule has 0 saturated heterocycles. The molecule has 1 aliphatic heterocycles. The Morgan fingerprint density at radius 1 is 1.19 bits per heavy atom. The molecule has 2 N–H and O–H groups in total. The van der Waals surface area contributed by atoms with Crippen molar-refractivity contribution in [3.05, 3.63) is 63.4 Å². The molecule has 0 fully saturated rings. The molecule has 110 valence electrons. The summed E-state index contributed by atoms with van der Waals surface area (Å²) in [5.74, 6) is -0.237. The Balaban J connectivity index is 2.01. The molecule has 1 unspecified atom stereocenters. The van der Waals surface area contributed by atoms with Crippen LogP contribution < -0.4 is 10.6 Å². The molecule has 0 radical (unpaired) electrons. The largest absolute Gasteiger partial charge is 0.363 e. The van der Waals surface area contributed by atoms with E-state index in [0.29, 0.717) is 16.6 Å². The maximum atomic E-state index is 13.5. The molecule has 0 spiro atoms. The summed E-state index contributed by atoms with van der Waals surface area (Å²) in [5, 5.41) is 1.18. The van der Waals surface area contributed by atoms with E-state index in [1.54, 1.807) is 18.2 Å². The van der Waals surface area contributed by atoms with Crippen LogP contribution in [0.4, 0.5) is 10.1 Å². The van der Waals surface area contributed by atoms with Gasteiger partial charge in [0.05, 0.1) is 6.04 Å². The fourth-order valence-electron chi connectivity index (χ4n) is 2.89. The fraction of sp³-hybridized carbons (Fsp3) is 0.250. The maximum Gasteiger partial charge on any atom is 0.125 e. The Bertz CT molecular complexity index is 675. The summed E-state index contributed by atoms with van der Waals surface area (Å²) in [6, 6.07) is 10.2. The van der Waals surface area contributed by atoms with E-state index >= 15 is 0 Å². The van der Waals surface area contributed by atoms with Gasteiger partial charge in [-0.05, 0) is 41.8 Å². The van der Waals surface area contributed by atoms with Gasteiger partial charge in [-0.25, -0.2) is 4.39 Å². The van der Waals surface area contributed by atoms with Gasteiger partial charge in [0.2, 0.25) is 0 Å². The summed E-state index contributed by atoms with van der Waals surface area (Å²) in [4.78, 5) is 2.12. The highest BCUT2D eigenvalue weighted by Gasteiger charge is 2.28. The van der Waals surface area contributed by atoms with E-state index in [2.05, 4.69) is 4.90 Å². The summed E-state index contributed by atoms with van der Waals surface area (Å²) in [6.07, 6.45) is 0.886. The lowest BCUT2D eigenvalue weighted by molar-refractivity contribution is 0.621. The monoisotopic (exact) mass is 324 g/mol. The summed E-state index contributed by atoms with van der Waals surface area (Å²) >= 11 is 12.2. The number of fused-ring (bicyclic) bond motifs is 1. The molecule has 2 nitrogen and oxygen atoms in total. The maximum absolute atomic E-state index is 13.5. The lowest BCUT2D eigenvalue weighted by Crippen LogP contribution is -2.32. The van der Waals surface area contributed by atoms with Crippen LogP contribution >= 0.6 is 23.2 Å². The predicted octanol–water partition coefficient (Wildman–Crippen LogP) is 4.20. The van der Waals surface area contributed by atoms with E-state index in [-0.39, 0.29) is 11.9 Å². The summed E-state index contributed by atoms with van der Waals surface area (Å²) < 4.78 is 13.5. The lowest BCUT2D eigenvalue weighted by atomic mass is 10.0. The molecule has 0 aromatic heterocycles. The molecule has 0 amide bonds. The van der Waals surface area contributed by atoms with Crippen LogP contribution in [0, 0.1) is 5.82 Å². The van der Waals surface area contributed by atoms with Gasteiger partial charge < -0.3 is 10.6 Å². The van der Waals surface area contributed by atoms with Gasteiger partial charge in [-0.2, -0.15) is 0 Å². The molecule has 2 aromatic carbocycles. The molecular formula is C16H15Cl2FN2. The molecule has 0 aliphatic carbocycles. The van der Waals surface area contributed by atoms with Crippen molar-refractivity contribution in [2.24, 2.45) is 5.73 Å². The minimum Gasteiger partial charge on any atom is -0.363 e. The normalized spacial score (nSPS) is 15.1. The average Bonchev–Trinajstić information content (AvgIpc) is 2.85. The van der Waals surface area contributed by atoms with Crippen molar-refractivity contribution in [2.75, 3.05) is 18.0 Å². The molecule has 1 atom stereocenters. The van der Waals surface area contributed by atoms with Crippen molar-refractivity contribution in [2.45, 2.75) is 12.5 Å². The summed E-state index contributed by atoms with van der Waals surface area (Å²) in [6.45, 7) is 1.21. The van der Waals surface area contributed by atoms with Crippen molar-refractivity contribution in [3.63, 3.8) is 0 Å². The van der Waals surface area contributed by atoms with E-state index in [9.17, 15) is 4.39 Å². The number of nitrogens with two attached hydrogens (primary N) is 1. The van der Waals surface area contributed by atoms with E-state index in [1.165, 1.54) is 6.07 Å². The highest BCUT2D eigenvalue weighted by Crippen LogP contribution is 2.37. The standard InChI is InChI=1S/C16H15Cl2FN2/c17-11-2-4-13(14(18)7-11)16(9-20)21-6-5-10-1-3-12(19)8-15(10)21/h1-4,7-8,16H,5-6,9,20H2. The number of nitrogens with zero attached hydrogens (tertiary/aromatic N) is 1. The van der Waals surface area contributed by atoms with Gasteiger partial charge in [-0.1, -0.05) is 35.3 Å². The quantitative estimate of drug-likeness (QED) is 0.917. The Morgan fingerprint density at radius 3 is 2.71 bits per heavy atom. The van der Waals surface area contributed by atoms with Crippen LogP contribution in [0.3, 0.4) is 0 Å². The molecule has 21 heavy (non-hydrogen) atoms. The van der Waals surface area contributed by atoms with Crippen LogP contribution in [-0.4, -0.2) is 13.1 Å². The Morgan fingerprint density at radius 2 is 2.00 bits per heavy atom. The predicted molar refractivity (Wildman–Crippen MR) is 85.7 cm³/mol. The van der Waals surface area contributed by atoms with Gasteiger partial charge in [0.1, 0.15) is 5.82 Å². The van der Waals surface area contributed by atoms with Crippen molar-refractivity contribution < 1.29 is 4.39 Å². The molecular weight excluding hydrogens is 310 g/mol. The van der Waals surface area contributed by atoms with Gasteiger partial charge in [0.25, 0.3) is 0 Å². The van der Waals surface area contributed by atoms with Crippen LogP contribution in [0.2, 0.25) is 10.0 Å². The van der Waals surface area contributed by atoms with Crippen LogP contribution in [-0.2, 0) is 6.42 Å². The second-order valence-corrected chi connectivity index (χ2v) is 5.98. The first-order valence-corrected chi connectivity index (χ1v) is 7.56. The van der Waals surface area contributed by atoms with E-state index < -0.39 is 0 Å². The molecule has 1 aliphatic rings. The third-order valence-electron chi connectivity index (χ3n) is 3.90. The van der Waals surface area contributed by atoms with E-state index in [4.69, 9.17) is 28.9 Å². The molecule has 0 bridgehead atoms. The molecule has 1 heterocycles. The number of halogens is 3. The van der Waals surface area contributed by atoms with Crippen LogP contribution in [0.1, 0.15) is 17.2 Å². The highest BCUT2D eigenvalue weighted by atomic mass is 35.5. The SMILES string of the molecule is NCC(c1ccc(Cl)cc1Cl)N1CCc2ccc(F)cc21. The van der Waals surface area contributed by atoms with Gasteiger partial charge in [-0.3, -0.25) is 0 Å². The zero-order chi connectivity index (χ0) is 15.0. The highest BCUT2D eigenvalue weighted by molar-refractivity contribution is 6.35. The minimum atomic E-state index is -0.237.